The molecule has 0 saturated carbocycles. The quantitative estimate of drug-likeness (QED) is 0.803. The van der Waals surface area contributed by atoms with E-state index in [4.69, 9.17) is 14.4 Å². The number of hydrogen-bond donors (Lipinski definition) is 2. The molecule has 2 N–H and O–H groups in total. The summed E-state index contributed by atoms with van der Waals surface area (Å²) in [4.78, 5) is 22.3. The third kappa shape index (κ3) is 2.86. The molecule has 7 nitrogen and oxygen atoms in total. The monoisotopic (exact) mass is 254 g/mol. The second-order valence-electron chi connectivity index (χ2n) is 4.20. The molecule has 1 aromatic heterocycles. The number of aryl methyl sites for hydroxylation is 1. The van der Waals surface area contributed by atoms with Gasteiger partial charge in [-0.05, 0) is 19.8 Å². The lowest BCUT2D eigenvalue weighted by atomic mass is 10.2. The van der Waals surface area contributed by atoms with Crippen LogP contribution in [-0.2, 0) is 9.53 Å². The van der Waals surface area contributed by atoms with Crippen molar-refractivity contribution in [2.75, 3.05) is 6.54 Å². The Kier molecular flexibility index (Phi) is 3.61. The zero-order valence-electron chi connectivity index (χ0n) is 9.88. The van der Waals surface area contributed by atoms with Crippen molar-refractivity contribution in [1.29, 1.82) is 0 Å². The maximum absolute atomic E-state index is 11.6. The highest BCUT2D eigenvalue weighted by atomic mass is 16.5. The van der Waals surface area contributed by atoms with Gasteiger partial charge in [-0.25, -0.2) is 4.79 Å². The Morgan fingerprint density at radius 2 is 2.33 bits per heavy atom. The maximum atomic E-state index is 11.6. The number of carbonyl (C=O) groups is 2. The fourth-order valence-electron chi connectivity index (χ4n) is 1.81. The molecule has 1 aliphatic heterocycles. The molecule has 2 rings (SSSR count). The predicted molar refractivity (Wildman–Crippen MR) is 59.1 cm³/mol. The summed E-state index contributed by atoms with van der Waals surface area (Å²) in [6, 6.07) is 1.53. The number of carboxylic acid groups (broad SMARTS) is 1. The zero-order valence-corrected chi connectivity index (χ0v) is 9.88. The average Bonchev–Trinajstić information content (AvgIpc) is 2.94. The maximum Gasteiger partial charge on any atom is 0.332 e. The Bertz CT molecular complexity index is 456. The van der Waals surface area contributed by atoms with Gasteiger partial charge < -0.3 is 19.7 Å². The highest BCUT2D eigenvalue weighted by Gasteiger charge is 2.30. The van der Waals surface area contributed by atoms with E-state index in [9.17, 15) is 9.59 Å². The fourth-order valence-corrected chi connectivity index (χ4v) is 1.81. The first-order chi connectivity index (χ1) is 8.56. The lowest BCUT2D eigenvalue weighted by Gasteiger charge is -2.11. The minimum Gasteiger partial charge on any atom is -0.479 e. The Hall–Kier alpha value is -1.89. The third-order valence-corrected chi connectivity index (χ3v) is 2.73. The standard InChI is InChI=1S/C11H14N2O5/c1-6-4-8(13-18-6)10(14)12-5-7-2-3-9(17-7)11(15)16/h4,7,9H,2-3,5H2,1H3,(H,12,14)(H,15,16). The first-order valence-corrected chi connectivity index (χ1v) is 5.66. The number of ether oxygens (including phenoxy) is 1. The van der Waals surface area contributed by atoms with Crippen molar-refractivity contribution in [2.24, 2.45) is 0 Å². The van der Waals surface area contributed by atoms with Crippen LogP contribution < -0.4 is 5.32 Å². The van der Waals surface area contributed by atoms with Gasteiger partial charge in [0.05, 0.1) is 6.10 Å². The smallest absolute Gasteiger partial charge is 0.332 e. The molecule has 2 unspecified atom stereocenters. The van der Waals surface area contributed by atoms with Gasteiger partial charge in [-0.3, -0.25) is 4.79 Å². The van der Waals surface area contributed by atoms with Gasteiger partial charge in [0, 0.05) is 12.6 Å². The normalized spacial score (nSPS) is 22.9. The number of hydrogen-bond acceptors (Lipinski definition) is 5. The molecule has 0 radical (unpaired) electrons. The number of aromatic nitrogens is 1. The van der Waals surface area contributed by atoms with Crippen LogP contribution in [0.5, 0.6) is 0 Å². The van der Waals surface area contributed by atoms with Crippen LogP contribution in [0.15, 0.2) is 10.6 Å². The van der Waals surface area contributed by atoms with Crippen molar-refractivity contribution in [2.45, 2.75) is 32.0 Å². The predicted octanol–water partition coefficient (Wildman–Crippen LogP) is 0.345. The van der Waals surface area contributed by atoms with E-state index in [1.54, 1.807) is 6.92 Å². The third-order valence-electron chi connectivity index (χ3n) is 2.73. The Labute approximate surface area is 103 Å². The lowest BCUT2D eigenvalue weighted by Crippen LogP contribution is -2.33. The van der Waals surface area contributed by atoms with E-state index in [-0.39, 0.29) is 24.2 Å². The molecule has 7 heteroatoms. The highest BCUT2D eigenvalue weighted by molar-refractivity contribution is 5.92. The van der Waals surface area contributed by atoms with Crippen LogP contribution in [0, 0.1) is 6.92 Å². The fraction of sp³-hybridized carbons (Fsp3) is 0.545. The van der Waals surface area contributed by atoms with Crippen LogP contribution in [0.2, 0.25) is 0 Å². The molecule has 0 aliphatic carbocycles. The van der Waals surface area contributed by atoms with Crippen LogP contribution in [0.25, 0.3) is 0 Å². The zero-order chi connectivity index (χ0) is 13.1. The van der Waals surface area contributed by atoms with Crippen LogP contribution in [0.3, 0.4) is 0 Å². The van der Waals surface area contributed by atoms with E-state index in [2.05, 4.69) is 10.5 Å². The topological polar surface area (TPSA) is 102 Å². The molecular formula is C11H14N2O5. The molecule has 1 amide bonds. The summed E-state index contributed by atoms with van der Waals surface area (Å²) in [5.41, 5.74) is 0.209. The summed E-state index contributed by atoms with van der Waals surface area (Å²) in [6.45, 7) is 1.97. The molecule has 1 aromatic rings. The summed E-state index contributed by atoms with van der Waals surface area (Å²) in [5, 5.41) is 15.0. The molecular weight excluding hydrogens is 240 g/mol. The number of amides is 1. The van der Waals surface area contributed by atoms with E-state index in [0.717, 1.165) is 0 Å². The van der Waals surface area contributed by atoms with Gasteiger partial charge in [0.1, 0.15) is 5.76 Å². The molecule has 0 bridgehead atoms. The molecule has 2 heterocycles. The molecule has 98 valence electrons. The van der Waals surface area contributed by atoms with E-state index < -0.39 is 12.1 Å². The van der Waals surface area contributed by atoms with Crippen LogP contribution in [0.4, 0.5) is 0 Å². The van der Waals surface area contributed by atoms with Gasteiger partial charge in [-0.2, -0.15) is 0 Å². The summed E-state index contributed by atoms with van der Waals surface area (Å²) in [6.07, 6.45) is 0.0675. The van der Waals surface area contributed by atoms with Gasteiger partial charge in [0.2, 0.25) is 0 Å². The first kappa shape index (κ1) is 12.6. The summed E-state index contributed by atoms with van der Waals surface area (Å²) in [7, 11) is 0. The number of nitrogens with one attached hydrogen (secondary N) is 1. The van der Waals surface area contributed by atoms with Crippen molar-refractivity contribution in [3.05, 3.63) is 17.5 Å². The summed E-state index contributed by atoms with van der Waals surface area (Å²) in [5.74, 6) is -0.756. The largest absolute Gasteiger partial charge is 0.479 e. The minimum atomic E-state index is -0.962. The molecule has 0 spiro atoms. The second-order valence-corrected chi connectivity index (χ2v) is 4.20. The second kappa shape index (κ2) is 5.18. The molecule has 18 heavy (non-hydrogen) atoms. The molecule has 0 aromatic carbocycles. The van der Waals surface area contributed by atoms with Crippen LogP contribution >= 0.6 is 0 Å². The lowest BCUT2D eigenvalue weighted by molar-refractivity contribution is -0.149. The van der Waals surface area contributed by atoms with Crippen molar-refractivity contribution < 1.29 is 24.0 Å². The molecule has 2 atom stereocenters. The number of aliphatic carboxylic acids is 1. The van der Waals surface area contributed by atoms with Crippen molar-refractivity contribution in [1.82, 2.24) is 10.5 Å². The molecule has 1 aliphatic rings. The van der Waals surface area contributed by atoms with E-state index in [0.29, 0.717) is 18.6 Å². The Morgan fingerprint density at radius 1 is 1.56 bits per heavy atom. The number of carboxylic acids is 1. The SMILES string of the molecule is Cc1cc(C(=O)NCC2CCC(C(=O)O)O2)no1. The van der Waals surface area contributed by atoms with Crippen molar-refractivity contribution in [3.8, 4) is 0 Å². The van der Waals surface area contributed by atoms with Gasteiger partial charge in [-0.15, -0.1) is 0 Å². The van der Waals surface area contributed by atoms with Crippen molar-refractivity contribution in [3.63, 3.8) is 0 Å². The number of nitrogens with zero attached hydrogens (tertiary/aromatic N) is 1. The summed E-state index contributed by atoms with van der Waals surface area (Å²) < 4.78 is 10.0. The van der Waals surface area contributed by atoms with Gasteiger partial charge >= 0.3 is 5.97 Å². The van der Waals surface area contributed by atoms with Gasteiger partial charge in [-0.1, -0.05) is 5.16 Å². The molecule has 1 fully saturated rings. The Morgan fingerprint density at radius 3 is 2.89 bits per heavy atom. The molecule has 1 saturated heterocycles. The summed E-state index contributed by atoms with van der Waals surface area (Å²) >= 11 is 0. The van der Waals surface area contributed by atoms with Gasteiger partial charge in [0.25, 0.3) is 5.91 Å². The van der Waals surface area contributed by atoms with Crippen molar-refractivity contribution >= 4 is 11.9 Å². The average molecular weight is 254 g/mol. The van der Waals surface area contributed by atoms with Crippen LogP contribution in [0.1, 0.15) is 29.1 Å². The minimum absolute atomic E-state index is 0.209. The van der Waals surface area contributed by atoms with E-state index in [1.807, 2.05) is 0 Å². The number of carbonyl (C=O) groups excluding carboxylic acids is 1. The van der Waals surface area contributed by atoms with E-state index >= 15 is 0 Å². The van der Waals surface area contributed by atoms with E-state index in [1.165, 1.54) is 6.07 Å². The number of rotatable bonds is 4. The first-order valence-electron chi connectivity index (χ1n) is 5.66. The van der Waals surface area contributed by atoms with Crippen LogP contribution in [-0.4, -0.2) is 40.9 Å². The van der Waals surface area contributed by atoms with Gasteiger partial charge in [0.15, 0.2) is 11.8 Å². The highest BCUT2D eigenvalue weighted by Crippen LogP contribution is 2.19. The Balaban J connectivity index is 1.79.